The number of carbonyl (C=O) groups excluding carboxylic acids is 1. The summed E-state index contributed by atoms with van der Waals surface area (Å²) in [6, 6.07) is 9.15. The van der Waals surface area contributed by atoms with Crippen molar-refractivity contribution in [3.63, 3.8) is 0 Å². The average molecular weight is 224 g/mol. The third kappa shape index (κ3) is 4.42. The van der Waals surface area contributed by atoms with Crippen LogP contribution in [0.4, 0.5) is 0 Å². The second-order valence-electron chi connectivity index (χ2n) is 3.57. The Bertz CT molecular complexity index is 323. The zero-order chi connectivity index (χ0) is 12.0. The first-order valence-electron chi connectivity index (χ1n) is 5.18. The van der Waals surface area contributed by atoms with Gasteiger partial charge in [-0.15, -0.1) is 0 Å². The Hall–Kier alpha value is -1.39. The normalized spacial score (nSPS) is 14.2. The molecule has 0 aliphatic carbocycles. The predicted octanol–water partition coefficient (Wildman–Crippen LogP) is 1.38. The summed E-state index contributed by atoms with van der Waals surface area (Å²) < 4.78 is 4.54. The first-order chi connectivity index (χ1) is 7.59. The summed E-state index contributed by atoms with van der Waals surface area (Å²) in [6.07, 6.45) is -1.23. The molecule has 0 aliphatic heterocycles. The molecule has 0 amide bonds. The van der Waals surface area contributed by atoms with Crippen LogP contribution in [0.5, 0.6) is 0 Å². The maximum Gasteiger partial charge on any atom is 0.304 e. The Labute approximate surface area is 94.5 Å². The fourth-order valence-electron chi connectivity index (χ4n) is 1.39. The molecule has 4 nitrogen and oxygen atoms in total. The van der Waals surface area contributed by atoms with Crippen LogP contribution in [0.15, 0.2) is 30.3 Å². The van der Waals surface area contributed by atoms with E-state index in [1.807, 2.05) is 30.3 Å². The van der Waals surface area contributed by atoms with Gasteiger partial charge in [-0.3, -0.25) is 4.79 Å². The van der Waals surface area contributed by atoms with E-state index in [-0.39, 0.29) is 6.42 Å². The van der Waals surface area contributed by atoms with Crippen molar-refractivity contribution in [2.24, 2.45) is 0 Å². The molecule has 0 heterocycles. The molecule has 1 aromatic rings. The van der Waals surface area contributed by atoms with Crippen molar-refractivity contribution in [3.8, 4) is 0 Å². The first-order valence-corrected chi connectivity index (χ1v) is 5.18. The van der Waals surface area contributed by atoms with E-state index in [4.69, 9.17) is 0 Å². The van der Waals surface area contributed by atoms with Crippen LogP contribution in [0.1, 0.15) is 31.4 Å². The number of hydrogen-bond donors (Lipinski definition) is 2. The fraction of sp³-hybridized carbons (Fsp3) is 0.417. The molecule has 2 atom stereocenters. The molecule has 1 aromatic carbocycles. The number of carbonyl (C=O) groups is 1. The SMILES string of the molecule is CC(=O)OC(O)CCC(O)c1ccccc1. The van der Waals surface area contributed by atoms with Crippen LogP contribution in [0.2, 0.25) is 0 Å². The van der Waals surface area contributed by atoms with Crippen LogP contribution >= 0.6 is 0 Å². The third-order valence-corrected chi connectivity index (χ3v) is 2.17. The van der Waals surface area contributed by atoms with Crippen LogP contribution in [-0.4, -0.2) is 22.5 Å². The monoisotopic (exact) mass is 224 g/mol. The minimum Gasteiger partial charge on any atom is -0.436 e. The lowest BCUT2D eigenvalue weighted by molar-refractivity contribution is -0.166. The van der Waals surface area contributed by atoms with E-state index in [1.54, 1.807) is 0 Å². The van der Waals surface area contributed by atoms with Crippen LogP contribution in [0, 0.1) is 0 Å². The standard InChI is InChI=1S/C12H16O4/c1-9(13)16-12(15)8-7-11(14)10-5-3-2-4-6-10/h2-6,11-12,14-15H,7-8H2,1H3. The molecule has 0 bridgehead atoms. The van der Waals surface area contributed by atoms with Gasteiger partial charge in [0.1, 0.15) is 0 Å². The Morgan fingerprint density at radius 1 is 1.25 bits per heavy atom. The first kappa shape index (κ1) is 12.7. The maximum absolute atomic E-state index is 10.5. The van der Waals surface area contributed by atoms with E-state index in [0.717, 1.165) is 5.56 Å². The second kappa shape index (κ2) is 6.25. The predicted molar refractivity (Wildman–Crippen MR) is 58.4 cm³/mol. The lowest BCUT2D eigenvalue weighted by atomic mass is 10.1. The molecular weight excluding hydrogens is 208 g/mol. The highest BCUT2D eigenvalue weighted by Gasteiger charge is 2.12. The highest BCUT2D eigenvalue weighted by molar-refractivity contribution is 5.65. The summed E-state index contributed by atoms with van der Waals surface area (Å²) in [5.41, 5.74) is 0.789. The smallest absolute Gasteiger partial charge is 0.304 e. The van der Waals surface area contributed by atoms with Crippen LogP contribution in [-0.2, 0) is 9.53 Å². The second-order valence-corrected chi connectivity index (χ2v) is 3.57. The Morgan fingerprint density at radius 2 is 1.88 bits per heavy atom. The topological polar surface area (TPSA) is 66.8 Å². The summed E-state index contributed by atoms with van der Waals surface area (Å²) in [5.74, 6) is -0.526. The zero-order valence-corrected chi connectivity index (χ0v) is 9.17. The van der Waals surface area contributed by atoms with Gasteiger partial charge in [-0.1, -0.05) is 30.3 Å². The summed E-state index contributed by atoms with van der Waals surface area (Å²) in [4.78, 5) is 10.5. The molecule has 0 spiro atoms. The number of aliphatic hydroxyl groups excluding tert-OH is 2. The van der Waals surface area contributed by atoms with Gasteiger partial charge in [0.25, 0.3) is 0 Å². The zero-order valence-electron chi connectivity index (χ0n) is 9.17. The van der Waals surface area contributed by atoms with Crippen molar-refractivity contribution in [3.05, 3.63) is 35.9 Å². The molecule has 1 rings (SSSR count). The van der Waals surface area contributed by atoms with E-state index in [2.05, 4.69) is 4.74 Å². The fourth-order valence-corrected chi connectivity index (χ4v) is 1.39. The summed E-state index contributed by atoms with van der Waals surface area (Å²) >= 11 is 0. The van der Waals surface area contributed by atoms with Gasteiger partial charge in [-0.25, -0.2) is 0 Å². The van der Waals surface area contributed by atoms with E-state index in [1.165, 1.54) is 6.92 Å². The van der Waals surface area contributed by atoms with Crippen LogP contribution < -0.4 is 0 Å². The maximum atomic E-state index is 10.5. The number of hydrogen-bond acceptors (Lipinski definition) is 4. The summed E-state index contributed by atoms with van der Waals surface area (Å²) in [5, 5.41) is 19.0. The minimum atomic E-state index is -1.14. The van der Waals surface area contributed by atoms with Crippen molar-refractivity contribution in [2.75, 3.05) is 0 Å². The summed E-state index contributed by atoms with van der Waals surface area (Å²) in [7, 11) is 0. The van der Waals surface area contributed by atoms with Gasteiger partial charge in [-0.05, 0) is 12.0 Å². The van der Waals surface area contributed by atoms with Gasteiger partial charge < -0.3 is 14.9 Å². The van der Waals surface area contributed by atoms with Crippen molar-refractivity contribution >= 4 is 5.97 Å². The van der Waals surface area contributed by atoms with Gasteiger partial charge >= 0.3 is 5.97 Å². The molecule has 0 aromatic heterocycles. The molecule has 16 heavy (non-hydrogen) atoms. The van der Waals surface area contributed by atoms with Gasteiger partial charge in [0.15, 0.2) is 0 Å². The van der Waals surface area contributed by atoms with Gasteiger partial charge in [0, 0.05) is 13.3 Å². The molecule has 0 aliphatic rings. The molecule has 0 saturated carbocycles. The van der Waals surface area contributed by atoms with Gasteiger partial charge in [-0.2, -0.15) is 0 Å². The molecule has 4 heteroatoms. The molecule has 2 N–H and O–H groups in total. The van der Waals surface area contributed by atoms with Crippen molar-refractivity contribution in [1.29, 1.82) is 0 Å². The Morgan fingerprint density at radius 3 is 2.44 bits per heavy atom. The summed E-state index contributed by atoms with van der Waals surface area (Å²) in [6.45, 7) is 1.23. The Balaban J connectivity index is 2.35. The van der Waals surface area contributed by atoms with Crippen molar-refractivity contribution in [2.45, 2.75) is 32.2 Å². The van der Waals surface area contributed by atoms with E-state index in [0.29, 0.717) is 6.42 Å². The van der Waals surface area contributed by atoms with E-state index in [9.17, 15) is 15.0 Å². The van der Waals surface area contributed by atoms with Crippen LogP contribution in [0.3, 0.4) is 0 Å². The number of benzene rings is 1. The van der Waals surface area contributed by atoms with E-state index >= 15 is 0 Å². The number of esters is 1. The van der Waals surface area contributed by atoms with Crippen LogP contribution in [0.25, 0.3) is 0 Å². The lowest BCUT2D eigenvalue weighted by Gasteiger charge is -2.14. The van der Waals surface area contributed by atoms with Gasteiger partial charge in [0.2, 0.25) is 6.29 Å². The quantitative estimate of drug-likeness (QED) is 0.585. The van der Waals surface area contributed by atoms with Gasteiger partial charge in [0.05, 0.1) is 6.10 Å². The molecule has 0 fully saturated rings. The third-order valence-electron chi connectivity index (χ3n) is 2.17. The number of rotatable bonds is 5. The van der Waals surface area contributed by atoms with E-state index < -0.39 is 18.4 Å². The largest absolute Gasteiger partial charge is 0.436 e. The average Bonchev–Trinajstić information content (AvgIpc) is 2.26. The van der Waals surface area contributed by atoms with Crippen molar-refractivity contribution in [1.82, 2.24) is 0 Å². The molecule has 88 valence electrons. The Kier molecular flexibility index (Phi) is 4.95. The molecular formula is C12H16O4. The molecule has 0 saturated heterocycles. The highest BCUT2D eigenvalue weighted by Crippen LogP contribution is 2.18. The molecule has 2 unspecified atom stereocenters. The van der Waals surface area contributed by atoms with Crippen molar-refractivity contribution < 1.29 is 19.7 Å². The number of aliphatic hydroxyl groups is 2. The number of ether oxygens (including phenoxy) is 1. The lowest BCUT2D eigenvalue weighted by Crippen LogP contribution is -2.16. The molecule has 0 radical (unpaired) electrons. The highest BCUT2D eigenvalue weighted by atomic mass is 16.6. The minimum absolute atomic E-state index is 0.218.